The van der Waals surface area contributed by atoms with Gasteiger partial charge in [-0.1, -0.05) is 6.42 Å². The molecule has 0 aliphatic heterocycles. The van der Waals surface area contributed by atoms with Gasteiger partial charge in [0.05, 0.1) is 5.92 Å². The van der Waals surface area contributed by atoms with Crippen molar-refractivity contribution in [3.8, 4) is 0 Å². The number of carbonyl (C=O) groups is 2. The third-order valence-corrected chi connectivity index (χ3v) is 2.13. The zero-order chi connectivity index (χ0) is 12.9. The first-order valence-corrected chi connectivity index (χ1v) is 4.44. The van der Waals surface area contributed by atoms with Crippen LogP contribution in [0.1, 0.15) is 19.3 Å². The van der Waals surface area contributed by atoms with Crippen LogP contribution in [-0.4, -0.2) is 34.4 Å². The standard InChI is InChI=1S/C6H11NO2.C2HF3O2/c7-5-3-1-2-4(5)6(8)9;3-2(4,5)1(6)7/h4-5H,1-3,7H2,(H,8,9);(H,6,7)/t4-,5+;/m0./s1. The van der Waals surface area contributed by atoms with Gasteiger partial charge in [0, 0.05) is 6.04 Å². The molecule has 4 N–H and O–H groups in total. The normalized spacial score (nSPS) is 24.5. The molecule has 0 amide bonds. The van der Waals surface area contributed by atoms with Crippen molar-refractivity contribution in [2.24, 2.45) is 11.7 Å². The van der Waals surface area contributed by atoms with Crippen molar-refractivity contribution in [1.29, 1.82) is 0 Å². The highest BCUT2D eigenvalue weighted by Crippen LogP contribution is 2.23. The van der Waals surface area contributed by atoms with Gasteiger partial charge >= 0.3 is 18.1 Å². The zero-order valence-corrected chi connectivity index (χ0v) is 8.20. The van der Waals surface area contributed by atoms with Gasteiger partial charge in [-0.05, 0) is 12.8 Å². The average molecular weight is 243 g/mol. The predicted molar refractivity (Wildman–Crippen MR) is 46.6 cm³/mol. The van der Waals surface area contributed by atoms with Crippen molar-refractivity contribution in [3.05, 3.63) is 0 Å². The molecule has 0 unspecified atom stereocenters. The fourth-order valence-corrected chi connectivity index (χ4v) is 1.30. The third-order valence-electron chi connectivity index (χ3n) is 2.13. The molecule has 0 saturated heterocycles. The van der Waals surface area contributed by atoms with Crippen LogP contribution in [0.4, 0.5) is 13.2 Å². The van der Waals surface area contributed by atoms with E-state index in [0.29, 0.717) is 0 Å². The maximum Gasteiger partial charge on any atom is 0.490 e. The van der Waals surface area contributed by atoms with E-state index in [0.717, 1.165) is 19.3 Å². The summed E-state index contributed by atoms with van der Waals surface area (Å²) < 4.78 is 31.7. The smallest absolute Gasteiger partial charge is 0.481 e. The molecule has 0 aromatic carbocycles. The summed E-state index contributed by atoms with van der Waals surface area (Å²) in [5.74, 6) is -3.77. The Kier molecular flexibility index (Phi) is 5.22. The lowest BCUT2D eigenvalue weighted by Crippen LogP contribution is -2.30. The van der Waals surface area contributed by atoms with Gasteiger partial charge in [0.2, 0.25) is 0 Å². The fraction of sp³-hybridized carbons (Fsp3) is 0.750. The minimum atomic E-state index is -5.08. The number of hydrogen-bond acceptors (Lipinski definition) is 3. The highest BCUT2D eigenvalue weighted by Gasteiger charge is 2.38. The van der Waals surface area contributed by atoms with Gasteiger partial charge < -0.3 is 15.9 Å². The van der Waals surface area contributed by atoms with Crippen LogP contribution < -0.4 is 5.73 Å². The first-order chi connectivity index (χ1) is 7.16. The maximum absolute atomic E-state index is 10.6. The van der Waals surface area contributed by atoms with Gasteiger partial charge in [0.15, 0.2) is 0 Å². The van der Waals surface area contributed by atoms with Gasteiger partial charge in [0.1, 0.15) is 0 Å². The highest BCUT2D eigenvalue weighted by molar-refractivity contribution is 5.73. The number of aliphatic carboxylic acids is 2. The van der Waals surface area contributed by atoms with Gasteiger partial charge in [-0.25, -0.2) is 4.79 Å². The molecule has 1 aliphatic rings. The first-order valence-electron chi connectivity index (χ1n) is 4.44. The molecule has 0 radical (unpaired) electrons. The Bertz CT molecular complexity index is 266. The van der Waals surface area contributed by atoms with E-state index in [1.807, 2.05) is 0 Å². The highest BCUT2D eigenvalue weighted by atomic mass is 19.4. The largest absolute Gasteiger partial charge is 0.490 e. The second-order valence-corrected chi connectivity index (χ2v) is 3.34. The molecule has 16 heavy (non-hydrogen) atoms. The molecule has 0 bridgehead atoms. The molecule has 0 heterocycles. The zero-order valence-electron chi connectivity index (χ0n) is 8.20. The molecule has 0 spiro atoms. The van der Waals surface area contributed by atoms with Gasteiger partial charge in [-0.2, -0.15) is 13.2 Å². The lowest BCUT2D eigenvalue weighted by atomic mass is 10.1. The topological polar surface area (TPSA) is 101 Å². The molecule has 5 nitrogen and oxygen atoms in total. The summed E-state index contributed by atoms with van der Waals surface area (Å²) in [6.07, 6.45) is -2.48. The minimum Gasteiger partial charge on any atom is -0.481 e. The Labute approximate surface area is 89.0 Å². The van der Waals surface area contributed by atoms with Crippen LogP contribution in [0, 0.1) is 5.92 Å². The van der Waals surface area contributed by atoms with Gasteiger partial charge in [-0.15, -0.1) is 0 Å². The quantitative estimate of drug-likeness (QED) is 0.633. The molecule has 8 heteroatoms. The summed E-state index contributed by atoms with van der Waals surface area (Å²) in [5, 5.41) is 15.6. The predicted octanol–water partition coefficient (Wildman–Crippen LogP) is 0.832. The van der Waals surface area contributed by atoms with E-state index in [9.17, 15) is 18.0 Å². The SMILES string of the molecule is N[C@@H]1CCC[C@@H]1C(=O)O.O=C(O)C(F)(F)F. The van der Waals surface area contributed by atoms with Crippen molar-refractivity contribution < 1.29 is 33.0 Å². The molecule has 0 aromatic heterocycles. The minimum absolute atomic E-state index is 0.0949. The number of hydrogen-bond donors (Lipinski definition) is 3. The lowest BCUT2D eigenvalue weighted by molar-refractivity contribution is -0.192. The van der Waals surface area contributed by atoms with E-state index < -0.39 is 18.1 Å². The number of carboxylic acid groups (broad SMARTS) is 2. The maximum atomic E-state index is 10.6. The van der Waals surface area contributed by atoms with Crippen molar-refractivity contribution in [2.45, 2.75) is 31.5 Å². The monoisotopic (exact) mass is 243 g/mol. The fourth-order valence-electron chi connectivity index (χ4n) is 1.30. The molecule has 0 aromatic rings. The van der Waals surface area contributed by atoms with Crippen LogP contribution in [0.5, 0.6) is 0 Å². The summed E-state index contributed by atoms with van der Waals surface area (Å²) >= 11 is 0. The van der Waals surface area contributed by atoms with E-state index in [1.165, 1.54) is 0 Å². The summed E-state index contributed by atoms with van der Waals surface area (Å²) in [4.78, 5) is 19.2. The third kappa shape index (κ3) is 4.96. The van der Waals surface area contributed by atoms with Gasteiger partial charge in [-0.3, -0.25) is 4.79 Å². The number of carboxylic acids is 2. The molecule has 1 fully saturated rings. The summed E-state index contributed by atoms with van der Waals surface area (Å²) in [6.45, 7) is 0. The van der Waals surface area contributed by atoms with Gasteiger partial charge in [0.25, 0.3) is 0 Å². The Hall–Kier alpha value is -1.31. The lowest BCUT2D eigenvalue weighted by Gasteiger charge is -2.07. The molecular weight excluding hydrogens is 231 g/mol. The van der Waals surface area contributed by atoms with Crippen LogP contribution in [-0.2, 0) is 9.59 Å². The summed E-state index contributed by atoms with van der Waals surface area (Å²) in [5.41, 5.74) is 5.50. The van der Waals surface area contributed by atoms with Crippen LogP contribution >= 0.6 is 0 Å². The molecule has 2 atom stereocenters. The Morgan fingerprint density at radius 1 is 1.19 bits per heavy atom. The van der Waals surface area contributed by atoms with Crippen LogP contribution in [0.2, 0.25) is 0 Å². The second kappa shape index (κ2) is 5.69. The Morgan fingerprint density at radius 2 is 1.62 bits per heavy atom. The number of alkyl halides is 3. The molecular formula is C8H12F3NO4. The van der Waals surface area contributed by atoms with Crippen molar-refractivity contribution in [2.75, 3.05) is 0 Å². The number of rotatable bonds is 1. The van der Waals surface area contributed by atoms with E-state index in [2.05, 4.69) is 0 Å². The Balaban J connectivity index is 0.000000293. The molecule has 94 valence electrons. The first kappa shape index (κ1) is 14.7. The molecule has 1 aliphatic carbocycles. The Morgan fingerprint density at radius 3 is 1.75 bits per heavy atom. The average Bonchev–Trinajstić information content (AvgIpc) is 2.50. The van der Waals surface area contributed by atoms with Crippen LogP contribution in [0.3, 0.4) is 0 Å². The number of halogens is 3. The van der Waals surface area contributed by atoms with E-state index in [4.69, 9.17) is 20.7 Å². The summed E-state index contributed by atoms with van der Waals surface area (Å²) in [6, 6.07) is -0.0949. The number of nitrogens with two attached hydrogens (primary N) is 1. The second-order valence-electron chi connectivity index (χ2n) is 3.34. The van der Waals surface area contributed by atoms with Crippen molar-refractivity contribution >= 4 is 11.9 Å². The molecule has 1 rings (SSSR count). The van der Waals surface area contributed by atoms with Crippen molar-refractivity contribution in [1.82, 2.24) is 0 Å². The van der Waals surface area contributed by atoms with E-state index in [1.54, 1.807) is 0 Å². The van der Waals surface area contributed by atoms with Crippen LogP contribution in [0.25, 0.3) is 0 Å². The molecule has 1 saturated carbocycles. The van der Waals surface area contributed by atoms with E-state index in [-0.39, 0.29) is 12.0 Å². The van der Waals surface area contributed by atoms with Crippen LogP contribution in [0.15, 0.2) is 0 Å². The van der Waals surface area contributed by atoms with E-state index >= 15 is 0 Å². The van der Waals surface area contributed by atoms with Crippen molar-refractivity contribution in [3.63, 3.8) is 0 Å². The summed E-state index contributed by atoms with van der Waals surface area (Å²) in [7, 11) is 0.